The van der Waals surface area contributed by atoms with Gasteiger partial charge in [0, 0.05) is 12.6 Å². The summed E-state index contributed by atoms with van der Waals surface area (Å²) in [6.45, 7) is 5.71. The van der Waals surface area contributed by atoms with Crippen LogP contribution in [0.15, 0.2) is 0 Å². The third-order valence-electron chi connectivity index (χ3n) is 4.88. The molecule has 0 aliphatic heterocycles. The van der Waals surface area contributed by atoms with Crippen molar-refractivity contribution in [2.75, 3.05) is 13.2 Å². The monoisotopic (exact) mass is 269 g/mol. The maximum atomic E-state index is 9.99. The minimum atomic E-state index is -0.352. The number of aliphatic hydroxyl groups is 1. The fourth-order valence-corrected chi connectivity index (χ4v) is 3.53. The zero-order valence-electron chi connectivity index (χ0n) is 12.6. The van der Waals surface area contributed by atoms with Crippen molar-refractivity contribution in [3.63, 3.8) is 0 Å². The molecule has 2 rings (SSSR count). The van der Waals surface area contributed by atoms with E-state index in [2.05, 4.69) is 19.2 Å². The van der Waals surface area contributed by atoms with Gasteiger partial charge in [0.1, 0.15) is 0 Å². The number of hydrogen-bond donors (Lipinski definition) is 2. The van der Waals surface area contributed by atoms with Gasteiger partial charge in [-0.1, -0.05) is 33.1 Å². The van der Waals surface area contributed by atoms with Crippen LogP contribution >= 0.6 is 0 Å². The summed E-state index contributed by atoms with van der Waals surface area (Å²) in [5.41, 5.74) is 0. The Hall–Kier alpha value is -0.120. The maximum absolute atomic E-state index is 9.99. The van der Waals surface area contributed by atoms with Gasteiger partial charge in [-0.2, -0.15) is 0 Å². The first-order valence-corrected chi connectivity index (χ1v) is 8.22. The van der Waals surface area contributed by atoms with Gasteiger partial charge in [-0.3, -0.25) is 0 Å². The molecule has 3 atom stereocenters. The van der Waals surface area contributed by atoms with Crippen LogP contribution in [0.5, 0.6) is 0 Å². The topological polar surface area (TPSA) is 41.5 Å². The van der Waals surface area contributed by atoms with Crippen LogP contribution < -0.4 is 5.32 Å². The maximum Gasteiger partial charge on any atom is 0.0897 e. The summed E-state index contributed by atoms with van der Waals surface area (Å²) in [5, 5.41) is 13.4. The van der Waals surface area contributed by atoms with Crippen molar-refractivity contribution >= 4 is 0 Å². The molecule has 19 heavy (non-hydrogen) atoms. The Morgan fingerprint density at radius 1 is 1.26 bits per heavy atom. The van der Waals surface area contributed by atoms with Gasteiger partial charge in [0.2, 0.25) is 0 Å². The third kappa shape index (κ3) is 4.73. The van der Waals surface area contributed by atoms with Crippen molar-refractivity contribution in [1.29, 1.82) is 0 Å². The molecule has 0 aromatic rings. The molecule has 0 heterocycles. The molecule has 0 aromatic heterocycles. The van der Waals surface area contributed by atoms with Crippen LogP contribution in [0.3, 0.4) is 0 Å². The van der Waals surface area contributed by atoms with Gasteiger partial charge in [-0.05, 0) is 37.5 Å². The normalized spacial score (nSPS) is 36.8. The number of nitrogens with one attached hydrogen (secondary N) is 1. The van der Waals surface area contributed by atoms with Crippen LogP contribution in [-0.2, 0) is 4.74 Å². The molecule has 3 unspecified atom stereocenters. The number of ether oxygens (including phenoxy) is 1. The van der Waals surface area contributed by atoms with Gasteiger partial charge in [0.05, 0.1) is 18.8 Å². The van der Waals surface area contributed by atoms with Gasteiger partial charge in [0.25, 0.3) is 0 Å². The van der Waals surface area contributed by atoms with E-state index in [0.717, 1.165) is 5.92 Å². The first kappa shape index (κ1) is 15.3. The van der Waals surface area contributed by atoms with Crippen LogP contribution in [0.2, 0.25) is 0 Å². The second-order valence-electron chi connectivity index (χ2n) is 6.66. The highest BCUT2D eigenvalue weighted by molar-refractivity contribution is 4.83. The minimum absolute atomic E-state index is 0.352. The predicted molar refractivity (Wildman–Crippen MR) is 78.2 cm³/mol. The van der Waals surface area contributed by atoms with E-state index in [-0.39, 0.29) is 6.10 Å². The van der Waals surface area contributed by atoms with Gasteiger partial charge < -0.3 is 15.2 Å². The third-order valence-corrected chi connectivity index (χ3v) is 4.88. The van der Waals surface area contributed by atoms with Gasteiger partial charge >= 0.3 is 0 Å². The molecule has 2 N–H and O–H groups in total. The Morgan fingerprint density at radius 2 is 2.00 bits per heavy atom. The standard InChI is InChI=1S/C16H31NO2/c1-3-13-6-4-5-7-16(13)19-11-15(18)10-17-14-8-12(2)9-14/h12-18H,3-11H2,1-2H3. The smallest absolute Gasteiger partial charge is 0.0897 e. The zero-order valence-corrected chi connectivity index (χ0v) is 12.6. The van der Waals surface area contributed by atoms with E-state index in [4.69, 9.17) is 4.74 Å². The quantitative estimate of drug-likeness (QED) is 0.746. The SMILES string of the molecule is CCC1CCCCC1OCC(O)CNC1CC(C)C1. The fraction of sp³-hybridized carbons (Fsp3) is 1.00. The molecule has 2 aliphatic rings. The molecule has 0 bridgehead atoms. The summed E-state index contributed by atoms with van der Waals surface area (Å²) in [4.78, 5) is 0. The summed E-state index contributed by atoms with van der Waals surface area (Å²) < 4.78 is 5.96. The van der Waals surface area contributed by atoms with Gasteiger partial charge in [0.15, 0.2) is 0 Å². The number of hydrogen-bond acceptors (Lipinski definition) is 3. The van der Waals surface area contributed by atoms with E-state index >= 15 is 0 Å². The highest BCUT2D eigenvalue weighted by Crippen LogP contribution is 2.29. The van der Waals surface area contributed by atoms with Crippen LogP contribution in [0.4, 0.5) is 0 Å². The second-order valence-corrected chi connectivity index (χ2v) is 6.66. The Balaban J connectivity index is 1.58. The van der Waals surface area contributed by atoms with Crippen molar-refractivity contribution in [2.24, 2.45) is 11.8 Å². The van der Waals surface area contributed by atoms with Gasteiger partial charge in [-0.15, -0.1) is 0 Å². The predicted octanol–water partition coefficient (Wildman–Crippen LogP) is 2.72. The molecule has 2 saturated carbocycles. The van der Waals surface area contributed by atoms with E-state index in [1.54, 1.807) is 0 Å². The fourth-order valence-electron chi connectivity index (χ4n) is 3.53. The summed E-state index contributed by atoms with van der Waals surface area (Å²) in [5.74, 6) is 1.57. The van der Waals surface area contributed by atoms with Crippen molar-refractivity contribution in [3.05, 3.63) is 0 Å². The number of rotatable bonds is 7. The zero-order chi connectivity index (χ0) is 13.7. The van der Waals surface area contributed by atoms with Crippen LogP contribution in [0.1, 0.15) is 58.8 Å². The lowest BCUT2D eigenvalue weighted by molar-refractivity contribution is -0.0510. The Labute approximate surface area is 118 Å². The average Bonchev–Trinajstić information content (AvgIpc) is 2.40. The molecule has 112 valence electrons. The van der Waals surface area contributed by atoms with Crippen LogP contribution in [-0.4, -0.2) is 36.5 Å². The Bertz CT molecular complexity index is 253. The van der Waals surface area contributed by atoms with E-state index in [9.17, 15) is 5.11 Å². The molecule has 2 aliphatic carbocycles. The first-order chi connectivity index (χ1) is 9.19. The lowest BCUT2D eigenvalue weighted by Gasteiger charge is -2.34. The molecular weight excluding hydrogens is 238 g/mol. The Morgan fingerprint density at radius 3 is 2.68 bits per heavy atom. The Kier molecular flexibility index (Phi) is 6.11. The summed E-state index contributed by atoms with van der Waals surface area (Å²) in [6.07, 6.45) is 8.88. The number of aliphatic hydroxyl groups excluding tert-OH is 1. The molecule has 0 amide bonds. The van der Waals surface area contributed by atoms with Crippen molar-refractivity contribution < 1.29 is 9.84 Å². The second kappa shape index (κ2) is 7.61. The molecule has 0 radical (unpaired) electrons. The molecule has 3 heteroatoms. The lowest BCUT2D eigenvalue weighted by Crippen LogP contribution is -2.44. The van der Waals surface area contributed by atoms with Crippen molar-refractivity contribution in [2.45, 2.75) is 77.0 Å². The summed E-state index contributed by atoms with van der Waals surface area (Å²) >= 11 is 0. The molecule has 0 spiro atoms. The van der Waals surface area contributed by atoms with E-state index < -0.39 is 0 Å². The molecule has 0 saturated heterocycles. The van der Waals surface area contributed by atoms with E-state index in [1.807, 2.05) is 0 Å². The van der Waals surface area contributed by atoms with Crippen LogP contribution in [0.25, 0.3) is 0 Å². The van der Waals surface area contributed by atoms with Crippen LogP contribution in [0, 0.1) is 11.8 Å². The highest BCUT2D eigenvalue weighted by atomic mass is 16.5. The van der Waals surface area contributed by atoms with Crippen molar-refractivity contribution in [3.8, 4) is 0 Å². The highest BCUT2D eigenvalue weighted by Gasteiger charge is 2.27. The van der Waals surface area contributed by atoms with E-state index in [1.165, 1.54) is 44.9 Å². The molecule has 0 aromatic carbocycles. The first-order valence-electron chi connectivity index (χ1n) is 8.22. The van der Waals surface area contributed by atoms with E-state index in [0.29, 0.717) is 31.2 Å². The lowest BCUT2D eigenvalue weighted by atomic mass is 9.82. The largest absolute Gasteiger partial charge is 0.389 e. The minimum Gasteiger partial charge on any atom is -0.389 e. The molecular formula is C16H31NO2. The average molecular weight is 269 g/mol. The summed E-state index contributed by atoms with van der Waals surface area (Å²) in [6, 6.07) is 0.628. The molecule has 3 nitrogen and oxygen atoms in total. The van der Waals surface area contributed by atoms with Gasteiger partial charge in [-0.25, -0.2) is 0 Å². The molecule has 2 fully saturated rings. The summed E-state index contributed by atoms with van der Waals surface area (Å²) in [7, 11) is 0. The van der Waals surface area contributed by atoms with Crippen molar-refractivity contribution in [1.82, 2.24) is 5.32 Å².